The molecule has 0 aromatic heterocycles. The standard InChI is InChI=1S/C15H19NO3/c17-15(13-8-6-12-7-9-14(13)19-12)16-18-10-11-4-2-1-3-5-11/h1-5,12-14H,6-10H2,(H,16,17)/t12-,13+,14+/m0/s1. The summed E-state index contributed by atoms with van der Waals surface area (Å²) in [6, 6.07) is 9.80. The Morgan fingerprint density at radius 2 is 2.00 bits per heavy atom. The maximum Gasteiger partial charge on any atom is 0.249 e. The summed E-state index contributed by atoms with van der Waals surface area (Å²) < 4.78 is 5.78. The summed E-state index contributed by atoms with van der Waals surface area (Å²) in [6.45, 7) is 0.396. The van der Waals surface area contributed by atoms with Gasteiger partial charge in [-0.25, -0.2) is 5.48 Å². The molecule has 1 N–H and O–H groups in total. The molecule has 4 nitrogen and oxygen atoms in total. The second kappa shape index (κ2) is 5.72. The molecule has 102 valence electrons. The summed E-state index contributed by atoms with van der Waals surface area (Å²) in [5, 5.41) is 0. The van der Waals surface area contributed by atoms with Gasteiger partial charge in [-0.2, -0.15) is 0 Å². The van der Waals surface area contributed by atoms with E-state index in [1.807, 2.05) is 30.3 Å². The van der Waals surface area contributed by atoms with Crippen LogP contribution in [-0.2, 0) is 21.0 Å². The third-order valence-electron chi connectivity index (χ3n) is 3.98. The van der Waals surface area contributed by atoms with E-state index in [-0.39, 0.29) is 17.9 Å². The summed E-state index contributed by atoms with van der Waals surface area (Å²) in [5.74, 6) is -0.0872. The summed E-state index contributed by atoms with van der Waals surface area (Å²) >= 11 is 0. The normalized spacial score (nSPS) is 29.2. The Morgan fingerprint density at radius 1 is 1.21 bits per heavy atom. The highest BCUT2D eigenvalue weighted by Crippen LogP contribution is 2.36. The highest BCUT2D eigenvalue weighted by molar-refractivity contribution is 5.78. The molecule has 2 aliphatic heterocycles. The van der Waals surface area contributed by atoms with Gasteiger partial charge in [0.05, 0.1) is 24.7 Å². The summed E-state index contributed by atoms with van der Waals surface area (Å²) in [7, 11) is 0. The smallest absolute Gasteiger partial charge is 0.249 e. The lowest BCUT2D eigenvalue weighted by Gasteiger charge is -2.28. The van der Waals surface area contributed by atoms with Crippen molar-refractivity contribution in [3.8, 4) is 0 Å². The Morgan fingerprint density at radius 3 is 2.84 bits per heavy atom. The molecule has 0 spiro atoms. The zero-order chi connectivity index (χ0) is 13.1. The van der Waals surface area contributed by atoms with Gasteiger partial charge in [0.25, 0.3) is 0 Å². The van der Waals surface area contributed by atoms with Crippen molar-refractivity contribution in [1.29, 1.82) is 0 Å². The second-order valence-electron chi connectivity index (χ2n) is 5.30. The van der Waals surface area contributed by atoms with Crippen LogP contribution in [0.25, 0.3) is 0 Å². The largest absolute Gasteiger partial charge is 0.374 e. The molecule has 0 aliphatic carbocycles. The number of hydrogen-bond acceptors (Lipinski definition) is 3. The highest BCUT2D eigenvalue weighted by Gasteiger charge is 2.40. The lowest BCUT2D eigenvalue weighted by molar-refractivity contribution is -0.147. The van der Waals surface area contributed by atoms with Crippen LogP contribution in [0.2, 0.25) is 0 Å². The summed E-state index contributed by atoms with van der Waals surface area (Å²) in [4.78, 5) is 17.3. The first-order valence-electron chi connectivity index (χ1n) is 6.94. The summed E-state index contributed by atoms with van der Waals surface area (Å²) in [5.41, 5.74) is 3.61. The van der Waals surface area contributed by atoms with E-state index in [2.05, 4.69) is 5.48 Å². The molecular formula is C15H19NO3. The molecule has 4 heteroatoms. The van der Waals surface area contributed by atoms with Crippen molar-refractivity contribution in [1.82, 2.24) is 5.48 Å². The van der Waals surface area contributed by atoms with Crippen molar-refractivity contribution in [2.45, 2.75) is 44.5 Å². The number of nitrogens with one attached hydrogen (secondary N) is 1. The molecule has 3 rings (SSSR count). The number of hydrogen-bond donors (Lipinski definition) is 1. The first-order chi connectivity index (χ1) is 9.33. The molecular weight excluding hydrogens is 242 g/mol. The van der Waals surface area contributed by atoms with E-state index in [9.17, 15) is 4.79 Å². The van der Waals surface area contributed by atoms with Crippen LogP contribution in [0, 0.1) is 5.92 Å². The van der Waals surface area contributed by atoms with Gasteiger partial charge in [0.2, 0.25) is 5.91 Å². The Kier molecular flexibility index (Phi) is 3.80. The quantitative estimate of drug-likeness (QED) is 0.845. The average Bonchev–Trinajstić information content (AvgIpc) is 2.81. The van der Waals surface area contributed by atoms with Crippen molar-refractivity contribution in [2.75, 3.05) is 0 Å². The van der Waals surface area contributed by atoms with E-state index in [0.29, 0.717) is 12.7 Å². The molecule has 0 radical (unpaired) electrons. The maximum atomic E-state index is 12.1. The fraction of sp³-hybridized carbons (Fsp3) is 0.533. The van der Waals surface area contributed by atoms with Crippen molar-refractivity contribution in [2.24, 2.45) is 5.92 Å². The van der Waals surface area contributed by atoms with Crippen molar-refractivity contribution < 1.29 is 14.4 Å². The van der Waals surface area contributed by atoms with Gasteiger partial charge in [-0.15, -0.1) is 0 Å². The second-order valence-corrected chi connectivity index (χ2v) is 5.30. The van der Waals surface area contributed by atoms with Gasteiger partial charge in [0.1, 0.15) is 0 Å². The molecule has 2 saturated heterocycles. The molecule has 2 aliphatic rings. The van der Waals surface area contributed by atoms with Crippen molar-refractivity contribution in [3.05, 3.63) is 35.9 Å². The molecule has 0 unspecified atom stereocenters. The topological polar surface area (TPSA) is 47.6 Å². The first kappa shape index (κ1) is 12.6. The van der Waals surface area contributed by atoms with Gasteiger partial charge in [0.15, 0.2) is 0 Å². The van der Waals surface area contributed by atoms with Crippen molar-refractivity contribution in [3.63, 3.8) is 0 Å². The zero-order valence-electron chi connectivity index (χ0n) is 10.9. The predicted molar refractivity (Wildman–Crippen MR) is 70.0 cm³/mol. The molecule has 3 atom stereocenters. The fourth-order valence-electron chi connectivity index (χ4n) is 2.93. The number of amides is 1. The molecule has 2 fully saturated rings. The molecule has 2 heterocycles. The van der Waals surface area contributed by atoms with Crippen LogP contribution in [0.3, 0.4) is 0 Å². The molecule has 1 aromatic rings. The molecule has 2 bridgehead atoms. The minimum atomic E-state index is -0.0467. The van der Waals surface area contributed by atoms with Crippen LogP contribution in [0.1, 0.15) is 31.2 Å². The Bertz CT molecular complexity index is 434. The van der Waals surface area contributed by atoms with E-state index in [1.165, 1.54) is 0 Å². The van der Waals surface area contributed by atoms with Crippen LogP contribution in [-0.4, -0.2) is 18.1 Å². The molecule has 1 amide bonds. The minimum absolute atomic E-state index is 0.0405. The number of benzene rings is 1. The Balaban J connectivity index is 1.46. The molecule has 0 saturated carbocycles. The summed E-state index contributed by atoms with van der Waals surface area (Å²) in [6.07, 6.45) is 4.49. The highest BCUT2D eigenvalue weighted by atomic mass is 16.7. The van der Waals surface area contributed by atoms with E-state index in [1.54, 1.807) is 0 Å². The molecule has 1 aromatic carbocycles. The minimum Gasteiger partial charge on any atom is -0.374 e. The number of hydroxylamine groups is 1. The fourth-order valence-corrected chi connectivity index (χ4v) is 2.93. The van der Waals surface area contributed by atoms with Crippen LogP contribution in [0.15, 0.2) is 30.3 Å². The lowest BCUT2D eigenvalue weighted by atomic mass is 9.95. The van der Waals surface area contributed by atoms with E-state index in [4.69, 9.17) is 9.57 Å². The SMILES string of the molecule is O=C(NOCc1ccccc1)[C@@H]1CC[C@H]2CC[C@H]1O2. The predicted octanol–water partition coefficient (Wildman–Crippen LogP) is 2.19. The van der Waals surface area contributed by atoms with Gasteiger partial charge in [-0.05, 0) is 31.2 Å². The third kappa shape index (κ3) is 2.96. The van der Waals surface area contributed by atoms with Gasteiger partial charge in [-0.1, -0.05) is 30.3 Å². The number of ether oxygens (including phenoxy) is 1. The zero-order valence-corrected chi connectivity index (χ0v) is 10.9. The van der Waals surface area contributed by atoms with Crippen LogP contribution in [0.5, 0.6) is 0 Å². The first-order valence-corrected chi connectivity index (χ1v) is 6.94. The lowest BCUT2D eigenvalue weighted by Crippen LogP contribution is -2.40. The van der Waals surface area contributed by atoms with Crippen LogP contribution >= 0.6 is 0 Å². The monoisotopic (exact) mass is 261 g/mol. The van der Waals surface area contributed by atoms with Gasteiger partial charge >= 0.3 is 0 Å². The number of rotatable bonds is 4. The van der Waals surface area contributed by atoms with E-state index < -0.39 is 0 Å². The average molecular weight is 261 g/mol. The van der Waals surface area contributed by atoms with Crippen LogP contribution in [0.4, 0.5) is 0 Å². The Labute approximate surface area is 113 Å². The van der Waals surface area contributed by atoms with E-state index in [0.717, 1.165) is 31.2 Å². The maximum absolute atomic E-state index is 12.1. The van der Waals surface area contributed by atoms with Crippen LogP contribution < -0.4 is 5.48 Å². The van der Waals surface area contributed by atoms with Crippen molar-refractivity contribution >= 4 is 5.91 Å². The van der Waals surface area contributed by atoms with Gasteiger partial charge in [-0.3, -0.25) is 9.63 Å². The van der Waals surface area contributed by atoms with Gasteiger partial charge < -0.3 is 4.74 Å². The molecule has 19 heavy (non-hydrogen) atoms. The number of carbonyl (C=O) groups is 1. The Hall–Kier alpha value is -1.39. The number of fused-ring (bicyclic) bond motifs is 2. The van der Waals surface area contributed by atoms with E-state index >= 15 is 0 Å². The number of carbonyl (C=O) groups excluding carboxylic acids is 1. The third-order valence-corrected chi connectivity index (χ3v) is 3.98. The van der Waals surface area contributed by atoms with Gasteiger partial charge in [0, 0.05) is 0 Å².